The lowest BCUT2D eigenvalue weighted by atomic mass is 10.1. The van der Waals surface area contributed by atoms with Crippen molar-refractivity contribution in [3.63, 3.8) is 0 Å². The minimum atomic E-state index is 0.173. The van der Waals surface area contributed by atoms with E-state index in [0.29, 0.717) is 17.2 Å². The van der Waals surface area contributed by atoms with Gasteiger partial charge in [-0.05, 0) is 37.7 Å². The van der Waals surface area contributed by atoms with Crippen LogP contribution in [0.5, 0.6) is 0 Å². The minimum Gasteiger partial charge on any atom is -0.356 e. The minimum absolute atomic E-state index is 0.173. The van der Waals surface area contributed by atoms with Crippen molar-refractivity contribution in [2.75, 3.05) is 6.54 Å². The first-order chi connectivity index (χ1) is 9.15. The van der Waals surface area contributed by atoms with Gasteiger partial charge in [-0.3, -0.25) is 4.79 Å². The van der Waals surface area contributed by atoms with E-state index >= 15 is 0 Å². The van der Waals surface area contributed by atoms with E-state index in [1.54, 1.807) is 0 Å². The van der Waals surface area contributed by atoms with Gasteiger partial charge in [0.25, 0.3) is 0 Å². The third-order valence-corrected chi connectivity index (χ3v) is 5.09. The van der Waals surface area contributed by atoms with Crippen molar-refractivity contribution >= 4 is 21.8 Å². The lowest BCUT2D eigenvalue weighted by Gasteiger charge is -2.14. The fourth-order valence-corrected chi connectivity index (χ4v) is 3.34. The summed E-state index contributed by atoms with van der Waals surface area (Å²) in [5, 5.41) is 3.07. The van der Waals surface area contributed by atoms with Crippen LogP contribution in [-0.2, 0) is 11.2 Å². The first-order valence-corrected chi connectivity index (χ1v) is 8.03. The van der Waals surface area contributed by atoms with Crippen LogP contribution in [0, 0.1) is 12.8 Å². The van der Waals surface area contributed by atoms with E-state index in [4.69, 9.17) is 0 Å². The average Bonchev–Trinajstić information content (AvgIpc) is 2.81. The summed E-state index contributed by atoms with van der Waals surface area (Å²) in [7, 11) is 0. The Morgan fingerprint density at radius 1 is 1.32 bits per heavy atom. The number of rotatable bonds is 5. The smallest absolute Gasteiger partial charge is 0.220 e. The van der Waals surface area contributed by atoms with Gasteiger partial charge in [0.15, 0.2) is 0 Å². The molecule has 0 saturated heterocycles. The number of carbonyl (C=O) groups excluding carboxylic acids is 1. The summed E-state index contributed by atoms with van der Waals surface area (Å²) in [6.07, 6.45) is 5.16. The second kappa shape index (κ2) is 7.09. The second-order valence-electron chi connectivity index (χ2n) is 5.50. The third kappa shape index (κ3) is 4.64. The molecule has 0 aliphatic heterocycles. The Balaban J connectivity index is 1.68. The standard InChI is InChI=1S/C16H22BrNO/c1-12-5-7-13(8-6-12)9-10-16(19)18-11-14-3-2-4-15(14)17/h5-8,14-15H,2-4,9-11H2,1H3,(H,18,19). The van der Waals surface area contributed by atoms with Gasteiger partial charge in [0.2, 0.25) is 5.91 Å². The highest BCUT2D eigenvalue weighted by Gasteiger charge is 2.24. The zero-order valence-corrected chi connectivity index (χ0v) is 13.1. The van der Waals surface area contributed by atoms with Gasteiger partial charge in [0.05, 0.1) is 0 Å². The molecule has 1 amide bonds. The van der Waals surface area contributed by atoms with Crippen LogP contribution in [0.4, 0.5) is 0 Å². The van der Waals surface area contributed by atoms with E-state index in [-0.39, 0.29) is 5.91 Å². The van der Waals surface area contributed by atoms with E-state index in [2.05, 4.69) is 52.4 Å². The predicted molar refractivity (Wildman–Crippen MR) is 82.6 cm³/mol. The molecular weight excluding hydrogens is 302 g/mol. The van der Waals surface area contributed by atoms with E-state index in [1.165, 1.54) is 30.4 Å². The molecule has 0 bridgehead atoms. The molecule has 2 rings (SSSR count). The SMILES string of the molecule is Cc1ccc(CCC(=O)NCC2CCCC2Br)cc1. The van der Waals surface area contributed by atoms with Gasteiger partial charge < -0.3 is 5.32 Å². The number of hydrogen-bond acceptors (Lipinski definition) is 1. The Bertz CT molecular complexity index is 415. The monoisotopic (exact) mass is 323 g/mol. The Kier molecular flexibility index (Phi) is 5.44. The lowest BCUT2D eigenvalue weighted by molar-refractivity contribution is -0.121. The largest absolute Gasteiger partial charge is 0.356 e. The fraction of sp³-hybridized carbons (Fsp3) is 0.562. The maximum atomic E-state index is 11.8. The Labute approximate surface area is 124 Å². The molecule has 3 heteroatoms. The summed E-state index contributed by atoms with van der Waals surface area (Å²) in [4.78, 5) is 12.4. The summed E-state index contributed by atoms with van der Waals surface area (Å²) in [6.45, 7) is 2.90. The van der Waals surface area contributed by atoms with Crippen LogP contribution in [0.2, 0.25) is 0 Å². The van der Waals surface area contributed by atoms with Gasteiger partial charge in [-0.2, -0.15) is 0 Å². The summed E-state index contributed by atoms with van der Waals surface area (Å²) in [5.74, 6) is 0.787. The normalized spacial score (nSPS) is 22.4. The van der Waals surface area contributed by atoms with Crippen LogP contribution >= 0.6 is 15.9 Å². The number of benzene rings is 1. The molecule has 0 heterocycles. The molecule has 0 spiro atoms. The number of aryl methyl sites for hydroxylation is 2. The van der Waals surface area contributed by atoms with Crippen LogP contribution in [0.15, 0.2) is 24.3 Å². The predicted octanol–water partition coefficient (Wildman–Crippen LogP) is 3.61. The van der Waals surface area contributed by atoms with E-state index in [9.17, 15) is 4.79 Å². The van der Waals surface area contributed by atoms with Crippen LogP contribution in [0.25, 0.3) is 0 Å². The van der Waals surface area contributed by atoms with Gasteiger partial charge in [-0.25, -0.2) is 0 Å². The van der Waals surface area contributed by atoms with E-state index in [0.717, 1.165) is 13.0 Å². The molecule has 1 aromatic rings. The highest BCUT2D eigenvalue weighted by molar-refractivity contribution is 9.09. The van der Waals surface area contributed by atoms with E-state index in [1.807, 2.05) is 0 Å². The lowest BCUT2D eigenvalue weighted by Crippen LogP contribution is -2.31. The molecule has 1 aromatic carbocycles. The first-order valence-electron chi connectivity index (χ1n) is 7.11. The van der Waals surface area contributed by atoms with Gasteiger partial charge in [-0.15, -0.1) is 0 Å². The quantitative estimate of drug-likeness (QED) is 0.824. The average molecular weight is 324 g/mol. The second-order valence-corrected chi connectivity index (χ2v) is 6.67. The molecule has 1 saturated carbocycles. The number of carbonyl (C=O) groups is 1. The zero-order chi connectivity index (χ0) is 13.7. The molecule has 1 aliphatic rings. The molecule has 104 valence electrons. The Morgan fingerprint density at radius 3 is 2.68 bits per heavy atom. The van der Waals surface area contributed by atoms with Crippen molar-refractivity contribution in [1.29, 1.82) is 0 Å². The van der Waals surface area contributed by atoms with Crippen LogP contribution < -0.4 is 5.32 Å². The molecule has 1 fully saturated rings. The molecule has 1 aliphatic carbocycles. The maximum absolute atomic E-state index is 11.8. The highest BCUT2D eigenvalue weighted by atomic mass is 79.9. The molecule has 2 unspecified atom stereocenters. The molecule has 1 N–H and O–H groups in total. The maximum Gasteiger partial charge on any atom is 0.220 e. The van der Waals surface area contributed by atoms with Crippen molar-refractivity contribution in [3.05, 3.63) is 35.4 Å². The Morgan fingerprint density at radius 2 is 2.05 bits per heavy atom. The zero-order valence-electron chi connectivity index (χ0n) is 11.5. The number of alkyl halides is 1. The van der Waals surface area contributed by atoms with Crippen molar-refractivity contribution in [1.82, 2.24) is 5.32 Å². The summed E-state index contributed by atoms with van der Waals surface area (Å²) in [5.41, 5.74) is 2.50. The van der Waals surface area contributed by atoms with Crippen LogP contribution in [0.3, 0.4) is 0 Å². The van der Waals surface area contributed by atoms with Crippen molar-refractivity contribution in [3.8, 4) is 0 Å². The summed E-state index contributed by atoms with van der Waals surface area (Å²) in [6, 6.07) is 8.41. The van der Waals surface area contributed by atoms with E-state index < -0.39 is 0 Å². The number of amides is 1. The van der Waals surface area contributed by atoms with Crippen molar-refractivity contribution < 1.29 is 4.79 Å². The summed E-state index contributed by atoms with van der Waals surface area (Å²) >= 11 is 3.69. The highest BCUT2D eigenvalue weighted by Crippen LogP contribution is 2.30. The third-order valence-electron chi connectivity index (χ3n) is 3.89. The van der Waals surface area contributed by atoms with Gasteiger partial charge in [0, 0.05) is 17.8 Å². The summed E-state index contributed by atoms with van der Waals surface area (Å²) < 4.78 is 0. The number of hydrogen-bond donors (Lipinski definition) is 1. The number of halogens is 1. The molecular formula is C16H22BrNO. The van der Waals surface area contributed by atoms with Crippen molar-refractivity contribution in [2.45, 2.75) is 43.9 Å². The van der Waals surface area contributed by atoms with Gasteiger partial charge >= 0.3 is 0 Å². The Hall–Kier alpha value is -0.830. The van der Waals surface area contributed by atoms with Gasteiger partial charge in [0.1, 0.15) is 0 Å². The first kappa shape index (κ1) is 14.6. The fourth-order valence-electron chi connectivity index (χ4n) is 2.57. The number of nitrogens with one attached hydrogen (secondary N) is 1. The van der Waals surface area contributed by atoms with Gasteiger partial charge in [-0.1, -0.05) is 52.2 Å². The van der Waals surface area contributed by atoms with Crippen molar-refractivity contribution in [2.24, 2.45) is 5.92 Å². The molecule has 19 heavy (non-hydrogen) atoms. The molecule has 0 radical (unpaired) electrons. The molecule has 2 nitrogen and oxygen atoms in total. The van der Waals surface area contributed by atoms with Crippen LogP contribution in [0.1, 0.15) is 36.8 Å². The topological polar surface area (TPSA) is 29.1 Å². The van der Waals surface area contributed by atoms with Crippen LogP contribution in [-0.4, -0.2) is 17.3 Å². The molecule has 2 atom stereocenters. The molecule has 0 aromatic heterocycles.